The van der Waals surface area contributed by atoms with Gasteiger partial charge in [-0.2, -0.15) is 5.10 Å². The van der Waals surface area contributed by atoms with Crippen molar-refractivity contribution in [3.8, 4) is 0 Å². The number of anilines is 2. The summed E-state index contributed by atoms with van der Waals surface area (Å²) in [6.07, 6.45) is 1.06. The first-order valence-corrected chi connectivity index (χ1v) is 11.0. The number of nitrogens with zero attached hydrogens (tertiary/aromatic N) is 2. The third-order valence-electron chi connectivity index (χ3n) is 7.85. The molecule has 0 saturated heterocycles. The van der Waals surface area contributed by atoms with Gasteiger partial charge in [0.15, 0.2) is 5.78 Å². The van der Waals surface area contributed by atoms with Gasteiger partial charge in [-0.25, -0.2) is 0 Å². The van der Waals surface area contributed by atoms with E-state index in [-0.39, 0.29) is 17.4 Å². The van der Waals surface area contributed by atoms with Gasteiger partial charge in [-0.05, 0) is 55.0 Å². The van der Waals surface area contributed by atoms with Crippen molar-refractivity contribution in [2.24, 2.45) is 21.3 Å². The smallest absolute Gasteiger partial charge is 0.269 e. The highest BCUT2D eigenvalue weighted by Gasteiger charge is 2.76. The maximum Gasteiger partial charge on any atom is 0.269 e. The van der Waals surface area contributed by atoms with Gasteiger partial charge in [0.25, 0.3) is 5.69 Å². The first-order valence-electron chi connectivity index (χ1n) is 10.7. The quantitative estimate of drug-likeness (QED) is 0.348. The number of carbonyl (C=O) groups excluding carboxylic acids is 2. The van der Waals surface area contributed by atoms with Gasteiger partial charge in [-0.15, -0.1) is 0 Å². The van der Waals surface area contributed by atoms with Crippen LogP contribution in [0.15, 0.2) is 47.6 Å². The average Bonchev–Trinajstić information content (AvgIpc) is 3.05. The molecular formula is C24H25ClN4O4. The maximum atomic E-state index is 13.7. The Balaban J connectivity index is 1.67. The molecular weight excluding hydrogens is 444 g/mol. The SMILES string of the molecule is Cc1c(Cl)cccc1NC(=O)C12CCC(C)(/C(=N/Nc3ccc([N+](=O)[O-])cc3)C1=O)C2(C)C. The number of hydrazone groups is 1. The zero-order valence-electron chi connectivity index (χ0n) is 18.9. The van der Waals surface area contributed by atoms with Crippen molar-refractivity contribution in [2.45, 2.75) is 40.5 Å². The molecule has 2 saturated carbocycles. The standard InChI is InChI=1S/C24H25ClN4O4/c1-14-17(25)6-5-7-18(14)26-21(31)24-13-12-23(4,22(24,2)3)19(20(24)30)28-27-15-8-10-16(11-9-15)29(32)33/h5-11,27H,12-13H2,1-4H3,(H,26,31)/b28-19+. The first kappa shape index (κ1) is 22.9. The van der Waals surface area contributed by atoms with Gasteiger partial charge in [0.05, 0.1) is 10.6 Å². The van der Waals surface area contributed by atoms with Gasteiger partial charge in [0.1, 0.15) is 11.1 Å². The van der Waals surface area contributed by atoms with Crippen molar-refractivity contribution in [3.63, 3.8) is 0 Å². The third kappa shape index (κ3) is 3.15. The molecule has 8 nitrogen and oxygen atoms in total. The maximum absolute atomic E-state index is 13.7. The van der Waals surface area contributed by atoms with E-state index in [4.69, 9.17) is 11.6 Å². The van der Waals surface area contributed by atoms with Crippen molar-refractivity contribution < 1.29 is 14.5 Å². The topological polar surface area (TPSA) is 114 Å². The molecule has 0 heterocycles. The lowest BCUT2D eigenvalue weighted by Crippen LogP contribution is -2.47. The molecule has 4 rings (SSSR count). The van der Waals surface area contributed by atoms with Gasteiger partial charge < -0.3 is 5.32 Å². The Morgan fingerprint density at radius 1 is 1.12 bits per heavy atom. The van der Waals surface area contributed by atoms with Crippen LogP contribution in [0.4, 0.5) is 17.1 Å². The van der Waals surface area contributed by atoms with E-state index in [1.807, 2.05) is 27.7 Å². The lowest BCUT2D eigenvalue weighted by molar-refractivity contribution is -0.384. The van der Waals surface area contributed by atoms with Crippen LogP contribution in [0.5, 0.6) is 0 Å². The Morgan fingerprint density at radius 2 is 1.79 bits per heavy atom. The number of rotatable bonds is 5. The monoisotopic (exact) mass is 468 g/mol. The Morgan fingerprint density at radius 3 is 2.42 bits per heavy atom. The van der Waals surface area contributed by atoms with E-state index in [9.17, 15) is 19.7 Å². The minimum absolute atomic E-state index is 0.0377. The fourth-order valence-electron chi connectivity index (χ4n) is 5.22. The molecule has 2 fully saturated rings. The number of nitrogens with one attached hydrogen (secondary N) is 2. The second-order valence-corrected chi connectivity index (χ2v) is 9.84. The number of benzene rings is 2. The first-order chi connectivity index (χ1) is 15.5. The Hall–Kier alpha value is -3.26. The van der Waals surface area contributed by atoms with E-state index in [0.29, 0.717) is 35.0 Å². The second-order valence-electron chi connectivity index (χ2n) is 9.43. The van der Waals surface area contributed by atoms with Crippen LogP contribution in [0.2, 0.25) is 5.02 Å². The van der Waals surface area contributed by atoms with Crippen molar-refractivity contribution >= 4 is 46.1 Å². The van der Waals surface area contributed by atoms with Gasteiger partial charge in [-0.1, -0.05) is 38.4 Å². The number of fused-ring (bicyclic) bond motifs is 2. The van der Waals surface area contributed by atoms with Crippen LogP contribution in [0.1, 0.15) is 39.2 Å². The summed E-state index contributed by atoms with van der Waals surface area (Å²) < 4.78 is 0. The number of non-ortho nitro benzene ring substituents is 1. The van der Waals surface area contributed by atoms with Gasteiger partial charge in [0.2, 0.25) is 5.91 Å². The highest BCUT2D eigenvalue weighted by atomic mass is 35.5. The van der Waals surface area contributed by atoms with Crippen LogP contribution >= 0.6 is 11.6 Å². The highest BCUT2D eigenvalue weighted by molar-refractivity contribution is 6.51. The van der Waals surface area contributed by atoms with Gasteiger partial charge in [-0.3, -0.25) is 25.1 Å². The minimum atomic E-state index is -1.26. The number of nitro groups is 1. The zero-order chi connectivity index (χ0) is 24.2. The van der Waals surface area contributed by atoms with Crippen molar-refractivity contribution in [1.82, 2.24) is 0 Å². The summed E-state index contributed by atoms with van der Waals surface area (Å²) in [5.74, 6) is -0.653. The molecule has 2 aromatic carbocycles. The van der Waals surface area contributed by atoms with Crippen molar-refractivity contribution in [3.05, 3.63) is 63.2 Å². The molecule has 2 aromatic rings. The number of Topliss-reactive ketones (excluding diaryl/α,β-unsaturated/α-hetero) is 1. The summed E-state index contributed by atoms with van der Waals surface area (Å²) in [4.78, 5) is 37.7. The summed E-state index contributed by atoms with van der Waals surface area (Å²) in [5, 5.41) is 18.7. The average molecular weight is 469 g/mol. The number of carbonyl (C=O) groups is 2. The number of amides is 1. The fourth-order valence-corrected chi connectivity index (χ4v) is 5.40. The highest BCUT2D eigenvalue weighted by Crippen LogP contribution is 2.69. The lowest BCUT2D eigenvalue weighted by atomic mass is 9.64. The molecule has 2 aliphatic rings. The van der Waals surface area contributed by atoms with Crippen LogP contribution < -0.4 is 10.7 Å². The predicted molar refractivity (Wildman–Crippen MR) is 128 cm³/mol. The summed E-state index contributed by atoms with van der Waals surface area (Å²) in [7, 11) is 0. The summed E-state index contributed by atoms with van der Waals surface area (Å²) >= 11 is 6.21. The molecule has 9 heteroatoms. The Bertz CT molecular complexity index is 1210. The third-order valence-corrected chi connectivity index (χ3v) is 8.26. The van der Waals surface area contributed by atoms with E-state index in [2.05, 4.69) is 15.8 Å². The summed E-state index contributed by atoms with van der Waals surface area (Å²) in [5.41, 5.74) is 2.41. The molecule has 33 heavy (non-hydrogen) atoms. The van der Waals surface area contributed by atoms with Crippen molar-refractivity contribution in [2.75, 3.05) is 10.7 Å². The van der Waals surface area contributed by atoms with E-state index in [1.165, 1.54) is 24.3 Å². The lowest BCUT2D eigenvalue weighted by Gasteiger charge is -2.37. The minimum Gasteiger partial charge on any atom is -0.325 e. The van der Waals surface area contributed by atoms with E-state index in [0.717, 1.165) is 5.56 Å². The summed E-state index contributed by atoms with van der Waals surface area (Å²) in [6, 6.07) is 11.0. The summed E-state index contributed by atoms with van der Waals surface area (Å²) in [6.45, 7) is 7.67. The molecule has 2 unspecified atom stereocenters. The number of hydrogen-bond acceptors (Lipinski definition) is 6. The molecule has 0 aromatic heterocycles. The van der Waals surface area contributed by atoms with E-state index in [1.54, 1.807) is 18.2 Å². The number of hydrogen-bond donors (Lipinski definition) is 2. The van der Waals surface area contributed by atoms with Gasteiger partial charge in [0, 0.05) is 28.3 Å². The number of ketones is 1. The molecule has 172 valence electrons. The van der Waals surface area contributed by atoms with Crippen LogP contribution in [-0.2, 0) is 9.59 Å². The van der Waals surface area contributed by atoms with E-state index < -0.39 is 21.2 Å². The van der Waals surface area contributed by atoms with Crippen LogP contribution in [0.3, 0.4) is 0 Å². The predicted octanol–water partition coefficient (Wildman–Crippen LogP) is 5.36. The number of nitro benzene ring substituents is 1. The van der Waals surface area contributed by atoms with Crippen LogP contribution in [0.25, 0.3) is 0 Å². The fraction of sp³-hybridized carbons (Fsp3) is 0.375. The molecule has 2 atom stereocenters. The van der Waals surface area contributed by atoms with Crippen LogP contribution in [-0.4, -0.2) is 22.3 Å². The molecule has 0 radical (unpaired) electrons. The van der Waals surface area contributed by atoms with E-state index >= 15 is 0 Å². The van der Waals surface area contributed by atoms with Gasteiger partial charge >= 0.3 is 0 Å². The molecule has 2 N–H and O–H groups in total. The normalized spacial score (nSPS) is 26.5. The van der Waals surface area contributed by atoms with Crippen molar-refractivity contribution in [1.29, 1.82) is 0 Å². The Labute approximate surface area is 196 Å². The van der Waals surface area contributed by atoms with Crippen LogP contribution in [0, 0.1) is 33.3 Å². The zero-order valence-corrected chi connectivity index (χ0v) is 19.6. The Kier molecular flexibility index (Phi) is 5.32. The largest absolute Gasteiger partial charge is 0.325 e. The molecule has 0 aliphatic heterocycles. The molecule has 2 bridgehead atoms. The molecule has 2 aliphatic carbocycles. The second kappa shape index (κ2) is 7.66. The molecule has 0 spiro atoms. The number of halogens is 1. The molecule has 1 amide bonds.